The van der Waals surface area contributed by atoms with Crippen molar-refractivity contribution in [1.29, 1.82) is 0 Å². The van der Waals surface area contributed by atoms with Gasteiger partial charge in [-0.05, 0) is 49.3 Å². The number of halogens is 2. The third-order valence-corrected chi connectivity index (χ3v) is 4.60. The summed E-state index contributed by atoms with van der Waals surface area (Å²) >= 11 is 0. The average molecular weight is 294 g/mol. The summed E-state index contributed by atoms with van der Waals surface area (Å²) in [6, 6.07) is 3.76. The number of rotatable bonds is 5. The van der Waals surface area contributed by atoms with E-state index in [4.69, 9.17) is 0 Å². The summed E-state index contributed by atoms with van der Waals surface area (Å²) in [5.41, 5.74) is 0.863. The second kappa shape index (κ2) is 5.91. The minimum absolute atomic E-state index is 0.168. The summed E-state index contributed by atoms with van der Waals surface area (Å²) < 4.78 is 28.9. The normalized spacial score (nSPS) is 22.3. The molecule has 0 amide bonds. The van der Waals surface area contributed by atoms with Crippen LogP contribution in [0.3, 0.4) is 0 Å². The van der Waals surface area contributed by atoms with E-state index in [0.717, 1.165) is 19.4 Å². The van der Waals surface area contributed by atoms with Crippen molar-refractivity contribution < 1.29 is 8.78 Å². The Morgan fingerprint density at radius 2 is 1.86 bits per heavy atom. The lowest BCUT2D eigenvalue weighted by Gasteiger charge is -2.30. The number of hydrogen-bond donors (Lipinski definition) is 1. The molecule has 1 aromatic rings. The van der Waals surface area contributed by atoms with E-state index >= 15 is 0 Å². The maximum atomic E-state index is 14.4. The molecule has 1 heterocycles. The molecule has 0 aromatic heterocycles. The van der Waals surface area contributed by atoms with Crippen molar-refractivity contribution in [2.45, 2.75) is 58.2 Å². The van der Waals surface area contributed by atoms with E-state index in [1.807, 2.05) is 4.90 Å². The molecular formula is C17H24F2N2. The van der Waals surface area contributed by atoms with Crippen LogP contribution in [-0.2, 0) is 6.54 Å². The molecule has 0 radical (unpaired) electrons. The van der Waals surface area contributed by atoms with Gasteiger partial charge in [-0.15, -0.1) is 0 Å². The highest BCUT2D eigenvalue weighted by Crippen LogP contribution is 2.34. The molecule has 3 rings (SSSR count). The van der Waals surface area contributed by atoms with Crippen LogP contribution in [0.1, 0.15) is 45.1 Å². The molecule has 0 bridgehead atoms. The summed E-state index contributed by atoms with van der Waals surface area (Å²) in [6.45, 7) is 5.53. The monoisotopic (exact) mass is 294 g/mol. The van der Waals surface area contributed by atoms with Gasteiger partial charge < -0.3 is 10.2 Å². The zero-order valence-electron chi connectivity index (χ0n) is 12.8. The van der Waals surface area contributed by atoms with Gasteiger partial charge in [0.15, 0.2) is 0 Å². The standard InChI is InChI=1S/C17H24F2N2/c1-11(2)16-4-3-7-21(16)17-14(18)8-12(9-15(17)19)10-20-13-5-6-13/h8-9,11,13,16,20H,3-7,10H2,1-2H3. The molecule has 1 aliphatic heterocycles. The van der Waals surface area contributed by atoms with Crippen LogP contribution >= 0.6 is 0 Å². The minimum atomic E-state index is -0.421. The fourth-order valence-corrected chi connectivity index (χ4v) is 3.31. The summed E-state index contributed by atoms with van der Waals surface area (Å²) in [5, 5.41) is 3.30. The van der Waals surface area contributed by atoms with Crippen molar-refractivity contribution in [2.24, 2.45) is 5.92 Å². The van der Waals surface area contributed by atoms with Crippen LogP contribution in [-0.4, -0.2) is 18.6 Å². The van der Waals surface area contributed by atoms with E-state index in [1.54, 1.807) is 0 Å². The SMILES string of the molecule is CC(C)C1CCCN1c1c(F)cc(CNC2CC2)cc1F. The van der Waals surface area contributed by atoms with Crippen molar-refractivity contribution in [3.63, 3.8) is 0 Å². The molecule has 1 saturated carbocycles. The molecule has 0 spiro atoms. The van der Waals surface area contributed by atoms with Crippen molar-refractivity contribution in [3.8, 4) is 0 Å². The Labute approximate surface area is 125 Å². The predicted octanol–water partition coefficient (Wildman–Crippen LogP) is 3.84. The lowest BCUT2D eigenvalue weighted by molar-refractivity contribution is 0.476. The predicted molar refractivity (Wildman–Crippen MR) is 81.4 cm³/mol. The van der Waals surface area contributed by atoms with Gasteiger partial charge in [0.2, 0.25) is 0 Å². The Bertz CT molecular complexity index is 489. The number of anilines is 1. The first-order chi connectivity index (χ1) is 10.1. The second-order valence-electron chi connectivity index (χ2n) is 6.71. The zero-order valence-corrected chi connectivity index (χ0v) is 12.8. The fourth-order valence-electron chi connectivity index (χ4n) is 3.31. The molecule has 4 heteroatoms. The van der Waals surface area contributed by atoms with Crippen LogP contribution in [0.5, 0.6) is 0 Å². The maximum absolute atomic E-state index is 14.4. The average Bonchev–Trinajstić information content (AvgIpc) is 3.12. The third-order valence-electron chi connectivity index (χ3n) is 4.60. The van der Waals surface area contributed by atoms with E-state index in [9.17, 15) is 8.78 Å². The van der Waals surface area contributed by atoms with E-state index in [2.05, 4.69) is 19.2 Å². The highest BCUT2D eigenvalue weighted by atomic mass is 19.1. The van der Waals surface area contributed by atoms with Crippen molar-refractivity contribution in [3.05, 3.63) is 29.3 Å². The minimum Gasteiger partial charge on any atom is -0.364 e. The van der Waals surface area contributed by atoms with E-state index in [1.165, 1.54) is 25.0 Å². The quantitative estimate of drug-likeness (QED) is 0.887. The third kappa shape index (κ3) is 3.20. The van der Waals surface area contributed by atoms with Crippen LogP contribution in [0.15, 0.2) is 12.1 Å². The number of nitrogens with one attached hydrogen (secondary N) is 1. The van der Waals surface area contributed by atoms with Gasteiger partial charge in [-0.3, -0.25) is 0 Å². The topological polar surface area (TPSA) is 15.3 Å². The van der Waals surface area contributed by atoms with E-state index in [0.29, 0.717) is 24.1 Å². The first-order valence-electron chi connectivity index (χ1n) is 8.04. The molecule has 1 atom stereocenters. The number of benzene rings is 1. The van der Waals surface area contributed by atoms with Crippen molar-refractivity contribution in [2.75, 3.05) is 11.4 Å². The van der Waals surface area contributed by atoms with Crippen LogP contribution in [0, 0.1) is 17.6 Å². The van der Waals surface area contributed by atoms with Crippen LogP contribution in [0.2, 0.25) is 0 Å². The highest BCUT2D eigenvalue weighted by molar-refractivity contribution is 5.52. The molecule has 1 aromatic carbocycles. The largest absolute Gasteiger partial charge is 0.364 e. The lowest BCUT2D eigenvalue weighted by atomic mass is 10.0. The number of hydrogen-bond acceptors (Lipinski definition) is 2. The Morgan fingerprint density at radius 1 is 1.19 bits per heavy atom. The zero-order chi connectivity index (χ0) is 15.0. The van der Waals surface area contributed by atoms with Gasteiger partial charge in [-0.1, -0.05) is 13.8 Å². The molecule has 116 valence electrons. The van der Waals surface area contributed by atoms with Crippen molar-refractivity contribution in [1.82, 2.24) is 5.32 Å². The molecular weight excluding hydrogens is 270 g/mol. The molecule has 1 aliphatic carbocycles. The van der Waals surface area contributed by atoms with Crippen LogP contribution in [0.4, 0.5) is 14.5 Å². The summed E-state index contributed by atoms with van der Waals surface area (Å²) in [6.07, 6.45) is 4.37. The Kier molecular flexibility index (Phi) is 4.16. The molecule has 2 nitrogen and oxygen atoms in total. The summed E-state index contributed by atoms with van der Waals surface area (Å²) in [7, 11) is 0. The second-order valence-corrected chi connectivity index (χ2v) is 6.71. The maximum Gasteiger partial charge on any atom is 0.149 e. The molecule has 1 saturated heterocycles. The number of nitrogens with zero attached hydrogens (tertiary/aromatic N) is 1. The first kappa shape index (κ1) is 14.8. The van der Waals surface area contributed by atoms with Crippen molar-refractivity contribution >= 4 is 5.69 Å². The highest BCUT2D eigenvalue weighted by Gasteiger charge is 2.31. The first-order valence-corrected chi connectivity index (χ1v) is 8.04. The van der Waals surface area contributed by atoms with E-state index < -0.39 is 11.6 Å². The van der Waals surface area contributed by atoms with Gasteiger partial charge in [-0.25, -0.2) is 8.78 Å². The van der Waals surface area contributed by atoms with Gasteiger partial charge in [0, 0.05) is 25.2 Å². The Morgan fingerprint density at radius 3 is 2.43 bits per heavy atom. The van der Waals surface area contributed by atoms with Crippen LogP contribution < -0.4 is 10.2 Å². The van der Waals surface area contributed by atoms with Gasteiger partial charge in [0.1, 0.15) is 17.3 Å². The lowest BCUT2D eigenvalue weighted by Crippen LogP contribution is -2.34. The van der Waals surface area contributed by atoms with Crippen LogP contribution in [0.25, 0.3) is 0 Å². The Balaban J connectivity index is 1.81. The van der Waals surface area contributed by atoms with Gasteiger partial charge >= 0.3 is 0 Å². The smallest absolute Gasteiger partial charge is 0.149 e. The van der Waals surface area contributed by atoms with Gasteiger partial charge in [0.05, 0.1) is 0 Å². The summed E-state index contributed by atoms with van der Waals surface area (Å²) in [4.78, 5) is 1.92. The van der Waals surface area contributed by atoms with E-state index in [-0.39, 0.29) is 11.7 Å². The molecule has 1 N–H and O–H groups in total. The molecule has 2 aliphatic rings. The fraction of sp³-hybridized carbons (Fsp3) is 0.647. The molecule has 21 heavy (non-hydrogen) atoms. The molecule has 2 fully saturated rings. The Hall–Kier alpha value is -1.16. The van der Waals surface area contributed by atoms with Gasteiger partial charge in [0.25, 0.3) is 0 Å². The van der Waals surface area contributed by atoms with Gasteiger partial charge in [-0.2, -0.15) is 0 Å². The molecule has 1 unspecified atom stereocenters. The summed E-state index contributed by atoms with van der Waals surface area (Å²) in [5.74, 6) is -0.437.